The van der Waals surface area contributed by atoms with Crippen LogP contribution in [0.1, 0.15) is 39.5 Å². The number of ether oxygens (including phenoxy) is 1. The molecule has 0 saturated heterocycles. The Labute approximate surface area is 112 Å². The van der Waals surface area contributed by atoms with Crippen molar-refractivity contribution < 1.29 is 4.74 Å². The average Bonchev–Trinajstić information content (AvgIpc) is 2.31. The van der Waals surface area contributed by atoms with Crippen molar-refractivity contribution in [1.29, 1.82) is 0 Å². The predicted molar refractivity (Wildman–Crippen MR) is 71.1 cm³/mol. The molecule has 0 spiro atoms. The molecule has 0 unspecified atom stereocenters. The van der Waals surface area contributed by atoms with Gasteiger partial charge in [-0.25, -0.2) is 0 Å². The fraction of sp³-hybridized carbons (Fsp3) is 0.750. The summed E-state index contributed by atoms with van der Waals surface area (Å²) in [6.07, 6.45) is 4.71. The molecule has 18 heavy (non-hydrogen) atoms. The molecule has 1 fully saturated rings. The number of hydrogen-bond acceptors (Lipinski definition) is 5. The Morgan fingerprint density at radius 2 is 2.11 bits per heavy atom. The van der Waals surface area contributed by atoms with Gasteiger partial charge in [-0.15, -0.1) is 0 Å². The molecule has 0 aliphatic heterocycles. The van der Waals surface area contributed by atoms with E-state index in [1.807, 2.05) is 6.92 Å². The van der Waals surface area contributed by atoms with E-state index in [0.29, 0.717) is 18.0 Å². The summed E-state index contributed by atoms with van der Waals surface area (Å²) in [5.74, 6) is 0.495. The lowest BCUT2D eigenvalue weighted by Gasteiger charge is -2.38. The molecule has 1 saturated carbocycles. The van der Waals surface area contributed by atoms with Crippen LogP contribution in [0.15, 0.2) is 0 Å². The molecule has 0 aromatic carbocycles. The molecule has 1 heterocycles. The number of nitrogens with zero attached hydrogens (tertiary/aromatic N) is 3. The molecular weight excluding hydrogens is 252 g/mol. The average molecular weight is 271 g/mol. The van der Waals surface area contributed by atoms with Crippen LogP contribution in [0.2, 0.25) is 5.28 Å². The van der Waals surface area contributed by atoms with E-state index < -0.39 is 0 Å². The Kier molecular flexibility index (Phi) is 4.22. The summed E-state index contributed by atoms with van der Waals surface area (Å²) in [4.78, 5) is 12.2. The van der Waals surface area contributed by atoms with Crippen molar-refractivity contribution in [1.82, 2.24) is 15.0 Å². The standard InChI is InChI=1S/C12H19ClN4O/c1-3-7-18-11-16-9(13)15-10(17-11)14-8-12(2)5-4-6-12/h3-8H2,1-2H3,(H,14,15,16,17). The second kappa shape index (κ2) is 5.69. The normalized spacial score (nSPS) is 17.1. The van der Waals surface area contributed by atoms with E-state index in [1.54, 1.807) is 0 Å². The van der Waals surface area contributed by atoms with E-state index in [1.165, 1.54) is 19.3 Å². The lowest BCUT2D eigenvalue weighted by atomic mass is 9.70. The van der Waals surface area contributed by atoms with E-state index in [2.05, 4.69) is 27.2 Å². The number of anilines is 1. The Morgan fingerprint density at radius 1 is 1.33 bits per heavy atom. The van der Waals surface area contributed by atoms with Crippen LogP contribution in [-0.2, 0) is 0 Å². The highest BCUT2D eigenvalue weighted by molar-refractivity contribution is 6.28. The van der Waals surface area contributed by atoms with Crippen LogP contribution in [0.5, 0.6) is 6.01 Å². The van der Waals surface area contributed by atoms with Crippen molar-refractivity contribution >= 4 is 17.5 Å². The first-order valence-electron chi connectivity index (χ1n) is 6.39. The molecule has 100 valence electrons. The van der Waals surface area contributed by atoms with Crippen molar-refractivity contribution in [3.63, 3.8) is 0 Å². The molecule has 1 aromatic heterocycles. The van der Waals surface area contributed by atoms with E-state index in [-0.39, 0.29) is 11.3 Å². The molecule has 6 heteroatoms. The molecule has 2 rings (SSSR count). The summed E-state index contributed by atoms with van der Waals surface area (Å²) >= 11 is 5.84. The smallest absolute Gasteiger partial charge is 0.322 e. The van der Waals surface area contributed by atoms with Gasteiger partial charge >= 0.3 is 6.01 Å². The van der Waals surface area contributed by atoms with Crippen LogP contribution >= 0.6 is 11.6 Å². The van der Waals surface area contributed by atoms with Crippen molar-refractivity contribution in [2.24, 2.45) is 5.41 Å². The van der Waals surface area contributed by atoms with Crippen molar-refractivity contribution in [2.75, 3.05) is 18.5 Å². The minimum Gasteiger partial charge on any atom is -0.463 e. The van der Waals surface area contributed by atoms with Gasteiger partial charge in [-0.3, -0.25) is 0 Å². The van der Waals surface area contributed by atoms with Crippen LogP contribution in [0.3, 0.4) is 0 Å². The molecule has 5 nitrogen and oxygen atoms in total. The van der Waals surface area contributed by atoms with Crippen LogP contribution in [0, 0.1) is 5.41 Å². The van der Waals surface area contributed by atoms with Crippen molar-refractivity contribution in [3.8, 4) is 6.01 Å². The molecule has 1 aliphatic carbocycles. The minimum absolute atomic E-state index is 0.164. The number of hydrogen-bond donors (Lipinski definition) is 1. The number of aromatic nitrogens is 3. The second-order valence-corrected chi connectivity index (χ2v) is 5.41. The number of rotatable bonds is 6. The highest BCUT2D eigenvalue weighted by Crippen LogP contribution is 2.40. The summed E-state index contributed by atoms with van der Waals surface area (Å²) in [6, 6.07) is 0.290. The minimum atomic E-state index is 0.164. The zero-order valence-electron chi connectivity index (χ0n) is 10.9. The summed E-state index contributed by atoms with van der Waals surface area (Å²) < 4.78 is 5.36. The predicted octanol–water partition coefficient (Wildman–Crippen LogP) is 2.92. The Bertz CT molecular complexity index is 409. The second-order valence-electron chi connectivity index (χ2n) is 5.08. The quantitative estimate of drug-likeness (QED) is 0.861. The monoisotopic (exact) mass is 270 g/mol. The topological polar surface area (TPSA) is 59.9 Å². The first-order valence-corrected chi connectivity index (χ1v) is 6.77. The van der Waals surface area contributed by atoms with Crippen molar-refractivity contribution in [3.05, 3.63) is 5.28 Å². The van der Waals surface area contributed by atoms with E-state index >= 15 is 0 Å². The molecule has 0 radical (unpaired) electrons. The van der Waals surface area contributed by atoms with Gasteiger partial charge < -0.3 is 10.1 Å². The van der Waals surface area contributed by atoms with Gasteiger partial charge in [0.1, 0.15) is 0 Å². The highest BCUT2D eigenvalue weighted by Gasteiger charge is 2.31. The van der Waals surface area contributed by atoms with Gasteiger partial charge in [0.05, 0.1) is 6.61 Å². The SMILES string of the molecule is CCCOc1nc(Cl)nc(NCC2(C)CCC2)n1. The van der Waals surface area contributed by atoms with E-state index in [9.17, 15) is 0 Å². The number of halogens is 1. The number of nitrogens with one attached hydrogen (secondary N) is 1. The molecular formula is C12H19ClN4O. The highest BCUT2D eigenvalue weighted by atomic mass is 35.5. The third kappa shape index (κ3) is 3.45. The zero-order valence-corrected chi connectivity index (χ0v) is 11.6. The van der Waals surface area contributed by atoms with Crippen molar-refractivity contribution in [2.45, 2.75) is 39.5 Å². The molecule has 1 aliphatic rings. The Morgan fingerprint density at radius 3 is 2.72 bits per heavy atom. The summed E-state index contributed by atoms with van der Waals surface area (Å²) in [5.41, 5.74) is 0.365. The Balaban J connectivity index is 1.96. The fourth-order valence-corrected chi connectivity index (χ4v) is 2.07. The van der Waals surface area contributed by atoms with Crippen LogP contribution in [0.4, 0.5) is 5.95 Å². The third-order valence-electron chi connectivity index (χ3n) is 3.26. The zero-order chi connectivity index (χ0) is 13.0. The fourth-order valence-electron chi connectivity index (χ4n) is 1.92. The van der Waals surface area contributed by atoms with Gasteiger partial charge in [-0.1, -0.05) is 20.3 Å². The van der Waals surface area contributed by atoms with E-state index in [0.717, 1.165) is 13.0 Å². The van der Waals surface area contributed by atoms with Gasteiger partial charge in [0.2, 0.25) is 11.2 Å². The first-order chi connectivity index (χ1) is 8.61. The van der Waals surface area contributed by atoms with Gasteiger partial charge in [-0.2, -0.15) is 15.0 Å². The van der Waals surface area contributed by atoms with Gasteiger partial charge in [0.25, 0.3) is 0 Å². The lowest BCUT2D eigenvalue weighted by Crippen LogP contribution is -2.33. The maximum atomic E-state index is 5.84. The van der Waals surface area contributed by atoms with Crippen LogP contribution < -0.4 is 10.1 Å². The molecule has 0 bridgehead atoms. The van der Waals surface area contributed by atoms with Gasteiger partial charge in [-0.05, 0) is 36.3 Å². The maximum absolute atomic E-state index is 5.84. The third-order valence-corrected chi connectivity index (χ3v) is 3.43. The largest absolute Gasteiger partial charge is 0.463 e. The van der Waals surface area contributed by atoms with E-state index in [4.69, 9.17) is 16.3 Å². The summed E-state index contributed by atoms with van der Waals surface area (Å²) in [6.45, 7) is 5.73. The van der Waals surface area contributed by atoms with Crippen LogP contribution in [-0.4, -0.2) is 28.1 Å². The molecule has 0 atom stereocenters. The molecule has 1 aromatic rings. The summed E-state index contributed by atoms with van der Waals surface area (Å²) in [5, 5.41) is 3.38. The maximum Gasteiger partial charge on any atom is 0.322 e. The summed E-state index contributed by atoms with van der Waals surface area (Å²) in [7, 11) is 0. The van der Waals surface area contributed by atoms with Gasteiger partial charge in [0.15, 0.2) is 0 Å². The van der Waals surface area contributed by atoms with Crippen LogP contribution in [0.25, 0.3) is 0 Å². The lowest BCUT2D eigenvalue weighted by molar-refractivity contribution is 0.179. The first kappa shape index (κ1) is 13.3. The Hall–Kier alpha value is -1.10. The molecule has 1 N–H and O–H groups in total. The molecule has 0 amide bonds. The van der Waals surface area contributed by atoms with Gasteiger partial charge in [0, 0.05) is 6.54 Å².